The maximum absolute atomic E-state index is 13.0. The summed E-state index contributed by atoms with van der Waals surface area (Å²) in [5.41, 5.74) is 1.88. The van der Waals surface area contributed by atoms with E-state index in [4.69, 9.17) is 0 Å². The fraction of sp³-hybridized carbons (Fsp3) is 0.455. The molecular weight excluding hydrogens is 420 g/mol. The lowest BCUT2D eigenvalue weighted by Gasteiger charge is -2.26. The molecule has 1 N–H and O–H groups in total. The van der Waals surface area contributed by atoms with Gasteiger partial charge >= 0.3 is 0 Å². The van der Waals surface area contributed by atoms with E-state index in [0.29, 0.717) is 18.7 Å². The normalized spacial score (nSPS) is 16.4. The fourth-order valence-corrected chi connectivity index (χ4v) is 6.13. The molecule has 0 radical (unpaired) electrons. The zero-order valence-electron chi connectivity index (χ0n) is 18.0. The molecule has 0 aliphatic carbocycles. The van der Waals surface area contributed by atoms with E-state index < -0.39 is 20.0 Å². The molecule has 30 heavy (non-hydrogen) atoms. The van der Waals surface area contributed by atoms with Gasteiger partial charge in [0.15, 0.2) is 0 Å². The van der Waals surface area contributed by atoms with Crippen LogP contribution in [0.4, 0.5) is 5.69 Å². The number of hydrogen-bond donors (Lipinski definition) is 1. The molecule has 0 atom stereocenters. The van der Waals surface area contributed by atoms with Crippen LogP contribution >= 0.6 is 0 Å². The third kappa shape index (κ3) is 4.87. The van der Waals surface area contributed by atoms with Gasteiger partial charge in [0.05, 0.1) is 15.5 Å². The molecule has 3 rings (SSSR count). The standard InChI is InChI=1S/C22H30N2O4S2/c1-17-8-11-20(30(27,28)24-14-6-5-7-15-24)16-21(17)23-29(25,26)19-12-9-18(10-13-19)22(2,3)4/h8-13,16,23H,5-7,14-15H2,1-4H3. The molecule has 1 heterocycles. The van der Waals surface area contributed by atoms with Crippen LogP contribution in [0, 0.1) is 6.92 Å². The number of piperidine rings is 1. The molecule has 0 bridgehead atoms. The predicted molar refractivity (Wildman–Crippen MR) is 120 cm³/mol. The Balaban J connectivity index is 1.90. The third-order valence-corrected chi connectivity index (χ3v) is 8.71. The van der Waals surface area contributed by atoms with E-state index in [1.54, 1.807) is 37.3 Å². The summed E-state index contributed by atoms with van der Waals surface area (Å²) in [6.45, 7) is 8.93. The van der Waals surface area contributed by atoms with Crippen molar-refractivity contribution < 1.29 is 16.8 Å². The molecule has 1 fully saturated rings. The van der Waals surface area contributed by atoms with Gasteiger partial charge in [0.2, 0.25) is 10.0 Å². The van der Waals surface area contributed by atoms with Crippen LogP contribution in [-0.4, -0.2) is 34.2 Å². The molecule has 0 amide bonds. The molecule has 8 heteroatoms. The van der Waals surface area contributed by atoms with Crippen molar-refractivity contribution in [1.82, 2.24) is 4.31 Å². The summed E-state index contributed by atoms with van der Waals surface area (Å²) >= 11 is 0. The quantitative estimate of drug-likeness (QED) is 0.737. The number of benzene rings is 2. The summed E-state index contributed by atoms with van der Waals surface area (Å²) in [7, 11) is -7.49. The minimum atomic E-state index is -3.84. The Hall–Kier alpha value is -1.90. The van der Waals surface area contributed by atoms with Crippen molar-refractivity contribution in [2.45, 2.75) is 62.2 Å². The lowest BCUT2D eigenvalue weighted by Crippen LogP contribution is -2.35. The summed E-state index contributed by atoms with van der Waals surface area (Å²) in [4.78, 5) is 0.245. The predicted octanol–water partition coefficient (Wildman–Crippen LogP) is 4.27. The molecule has 0 unspecified atom stereocenters. The molecule has 164 valence electrons. The molecule has 2 aromatic rings. The monoisotopic (exact) mass is 450 g/mol. The largest absolute Gasteiger partial charge is 0.279 e. The molecule has 1 aliphatic rings. The van der Waals surface area contributed by atoms with Crippen LogP contribution in [0.25, 0.3) is 0 Å². The Morgan fingerprint density at radius 1 is 0.833 bits per heavy atom. The van der Waals surface area contributed by atoms with Crippen molar-refractivity contribution in [3.05, 3.63) is 53.6 Å². The third-order valence-electron chi connectivity index (χ3n) is 5.44. The molecule has 2 aromatic carbocycles. The average Bonchev–Trinajstić information content (AvgIpc) is 2.69. The highest BCUT2D eigenvalue weighted by molar-refractivity contribution is 7.92. The second-order valence-electron chi connectivity index (χ2n) is 8.82. The van der Waals surface area contributed by atoms with E-state index in [1.807, 2.05) is 0 Å². The molecule has 0 spiro atoms. The Kier molecular flexibility index (Phi) is 6.32. The first-order valence-corrected chi connectivity index (χ1v) is 13.1. The van der Waals surface area contributed by atoms with E-state index in [-0.39, 0.29) is 20.9 Å². The maximum atomic E-state index is 13.0. The van der Waals surface area contributed by atoms with Gasteiger partial charge in [-0.1, -0.05) is 45.4 Å². The van der Waals surface area contributed by atoms with Gasteiger partial charge in [0.1, 0.15) is 0 Å². The average molecular weight is 451 g/mol. The summed E-state index contributed by atoms with van der Waals surface area (Å²) in [6.07, 6.45) is 2.71. The number of sulfonamides is 2. The van der Waals surface area contributed by atoms with Crippen LogP contribution in [0.3, 0.4) is 0 Å². The number of nitrogens with zero attached hydrogens (tertiary/aromatic N) is 1. The highest BCUT2D eigenvalue weighted by atomic mass is 32.2. The van der Waals surface area contributed by atoms with E-state index in [0.717, 1.165) is 24.8 Å². The van der Waals surface area contributed by atoms with Gasteiger partial charge in [0.25, 0.3) is 10.0 Å². The Morgan fingerprint density at radius 3 is 1.97 bits per heavy atom. The number of nitrogens with one attached hydrogen (secondary N) is 1. The van der Waals surface area contributed by atoms with Crippen LogP contribution in [0.5, 0.6) is 0 Å². The number of aryl methyl sites for hydroxylation is 1. The molecule has 6 nitrogen and oxygen atoms in total. The van der Waals surface area contributed by atoms with Crippen LogP contribution in [-0.2, 0) is 25.5 Å². The van der Waals surface area contributed by atoms with Crippen molar-refractivity contribution in [3.8, 4) is 0 Å². The van der Waals surface area contributed by atoms with Crippen molar-refractivity contribution in [2.24, 2.45) is 0 Å². The molecule has 0 aromatic heterocycles. The van der Waals surface area contributed by atoms with E-state index in [2.05, 4.69) is 25.5 Å². The van der Waals surface area contributed by atoms with Crippen LogP contribution in [0.1, 0.15) is 51.2 Å². The Morgan fingerprint density at radius 2 is 1.40 bits per heavy atom. The number of anilines is 1. The fourth-order valence-electron chi connectivity index (χ4n) is 3.46. The van der Waals surface area contributed by atoms with E-state index >= 15 is 0 Å². The molecule has 0 saturated carbocycles. The highest BCUT2D eigenvalue weighted by Gasteiger charge is 2.27. The minimum Gasteiger partial charge on any atom is -0.279 e. The second-order valence-corrected chi connectivity index (χ2v) is 12.4. The summed E-state index contributed by atoms with van der Waals surface area (Å²) in [6, 6.07) is 11.4. The maximum Gasteiger partial charge on any atom is 0.261 e. The van der Waals surface area contributed by atoms with Crippen LogP contribution in [0.2, 0.25) is 0 Å². The molecular formula is C22H30N2O4S2. The van der Waals surface area contributed by atoms with Crippen molar-refractivity contribution in [2.75, 3.05) is 17.8 Å². The van der Waals surface area contributed by atoms with Crippen LogP contribution < -0.4 is 4.72 Å². The van der Waals surface area contributed by atoms with Crippen molar-refractivity contribution in [1.29, 1.82) is 0 Å². The summed E-state index contributed by atoms with van der Waals surface area (Å²) in [5, 5.41) is 0. The van der Waals surface area contributed by atoms with Gasteiger partial charge in [-0.25, -0.2) is 16.8 Å². The van der Waals surface area contributed by atoms with Gasteiger partial charge in [-0.3, -0.25) is 4.72 Å². The Bertz CT molecular complexity index is 1110. The lowest BCUT2D eigenvalue weighted by molar-refractivity contribution is 0.346. The van der Waals surface area contributed by atoms with E-state index in [1.165, 1.54) is 16.4 Å². The topological polar surface area (TPSA) is 83.6 Å². The highest BCUT2D eigenvalue weighted by Crippen LogP contribution is 2.28. The van der Waals surface area contributed by atoms with Gasteiger partial charge < -0.3 is 0 Å². The summed E-state index contributed by atoms with van der Waals surface area (Å²) in [5.74, 6) is 0. The number of hydrogen-bond acceptors (Lipinski definition) is 4. The van der Waals surface area contributed by atoms with Crippen molar-refractivity contribution in [3.63, 3.8) is 0 Å². The first kappa shape index (κ1) is 22.8. The first-order chi connectivity index (χ1) is 13.9. The Labute approximate surface area is 180 Å². The minimum absolute atomic E-state index is 0.0799. The smallest absolute Gasteiger partial charge is 0.261 e. The first-order valence-electron chi connectivity index (χ1n) is 10.2. The van der Waals surface area contributed by atoms with Gasteiger partial charge in [0, 0.05) is 13.1 Å². The summed E-state index contributed by atoms with van der Waals surface area (Å²) < 4.78 is 55.8. The van der Waals surface area contributed by atoms with Crippen molar-refractivity contribution >= 4 is 25.7 Å². The molecule has 1 saturated heterocycles. The molecule has 1 aliphatic heterocycles. The van der Waals surface area contributed by atoms with E-state index in [9.17, 15) is 16.8 Å². The van der Waals surface area contributed by atoms with Gasteiger partial charge in [-0.05, 0) is 60.6 Å². The zero-order chi connectivity index (χ0) is 22.2. The number of rotatable bonds is 5. The van der Waals surface area contributed by atoms with Gasteiger partial charge in [-0.15, -0.1) is 0 Å². The second kappa shape index (κ2) is 8.32. The van der Waals surface area contributed by atoms with Gasteiger partial charge in [-0.2, -0.15) is 4.31 Å². The zero-order valence-corrected chi connectivity index (χ0v) is 19.6. The van der Waals surface area contributed by atoms with Crippen LogP contribution in [0.15, 0.2) is 52.3 Å². The lowest BCUT2D eigenvalue weighted by atomic mass is 9.87. The SMILES string of the molecule is Cc1ccc(S(=O)(=O)N2CCCCC2)cc1NS(=O)(=O)c1ccc(C(C)(C)C)cc1.